The number of hydrogen-bond donors (Lipinski definition) is 0. The van der Waals surface area contributed by atoms with E-state index in [1.54, 1.807) is 58.9 Å². The number of thioether (sulfide) groups is 2. The standard InChI is InChI=1S/C26H22N4O2S2/c1-29-23(31)19-7-3-5-9-21(19)27-25(29)33-15-17-11-13-18(14-12-17)16-34-26-28-22-10-6-4-8-20(22)24(32)30(26)2/h3-14H,15-16H2,1-2H3. The van der Waals surface area contributed by atoms with Crippen LogP contribution in [-0.2, 0) is 25.6 Å². The first-order chi connectivity index (χ1) is 16.5. The van der Waals surface area contributed by atoms with Gasteiger partial charge < -0.3 is 0 Å². The molecule has 2 heterocycles. The first-order valence-electron chi connectivity index (χ1n) is 10.8. The van der Waals surface area contributed by atoms with E-state index in [0.717, 1.165) is 22.2 Å². The zero-order valence-electron chi connectivity index (χ0n) is 18.8. The van der Waals surface area contributed by atoms with Crippen molar-refractivity contribution < 1.29 is 0 Å². The maximum absolute atomic E-state index is 12.6. The molecular formula is C26H22N4O2S2. The molecule has 0 aliphatic rings. The van der Waals surface area contributed by atoms with E-state index in [1.807, 2.05) is 36.4 Å². The summed E-state index contributed by atoms with van der Waals surface area (Å²) in [6, 6.07) is 23.2. The van der Waals surface area contributed by atoms with Gasteiger partial charge in [0.25, 0.3) is 11.1 Å². The SMILES string of the molecule is Cn1c(SCc2ccc(CSc3nc4ccccc4c(=O)n3C)cc2)nc2ccccc2c1=O. The van der Waals surface area contributed by atoms with Crippen LogP contribution in [0.3, 0.4) is 0 Å². The number of para-hydroxylation sites is 2. The highest BCUT2D eigenvalue weighted by atomic mass is 32.2. The lowest BCUT2D eigenvalue weighted by atomic mass is 10.2. The molecule has 170 valence electrons. The van der Waals surface area contributed by atoms with E-state index in [2.05, 4.69) is 34.2 Å². The normalized spacial score (nSPS) is 11.4. The summed E-state index contributed by atoms with van der Waals surface area (Å²) in [6.45, 7) is 0. The third kappa shape index (κ3) is 4.38. The van der Waals surface area contributed by atoms with Crippen molar-refractivity contribution in [3.63, 3.8) is 0 Å². The Balaban J connectivity index is 1.27. The summed E-state index contributed by atoms with van der Waals surface area (Å²) in [6.07, 6.45) is 0. The summed E-state index contributed by atoms with van der Waals surface area (Å²) in [5.74, 6) is 1.43. The van der Waals surface area contributed by atoms with Gasteiger partial charge in [-0.25, -0.2) is 9.97 Å². The van der Waals surface area contributed by atoms with Gasteiger partial charge in [0.05, 0.1) is 21.8 Å². The second-order valence-electron chi connectivity index (χ2n) is 7.95. The van der Waals surface area contributed by atoms with Crippen molar-refractivity contribution in [3.8, 4) is 0 Å². The Morgan fingerprint density at radius 1 is 0.618 bits per heavy atom. The molecular weight excluding hydrogens is 464 g/mol. The Hall–Kier alpha value is -3.36. The number of benzene rings is 3. The quantitative estimate of drug-likeness (QED) is 0.255. The molecule has 8 heteroatoms. The Morgan fingerprint density at radius 2 is 1.00 bits per heavy atom. The molecule has 34 heavy (non-hydrogen) atoms. The molecule has 0 aliphatic carbocycles. The van der Waals surface area contributed by atoms with Gasteiger partial charge in [-0.1, -0.05) is 72.1 Å². The average Bonchev–Trinajstić information content (AvgIpc) is 2.87. The first-order valence-corrected chi connectivity index (χ1v) is 12.7. The Labute approximate surface area is 204 Å². The molecule has 0 fully saturated rings. The lowest BCUT2D eigenvalue weighted by Gasteiger charge is -2.10. The van der Waals surface area contributed by atoms with Crippen LogP contribution in [0.2, 0.25) is 0 Å². The largest absolute Gasteiger partial charge is 0.290 e. The summed E-state index contributed by atoms with van der Waals surface area (Å²) in [7, 11) is 3.52. The fraction of sp³-hybridized carbons (Fsp3) is 0.154. The van der Waals surface area contributed by atoms with E-state index in [-0.39, 0.29) is 11.1 Å². The molecule has 0 aliphatic heterocycles. The Morgan fingerprint density at radius 3 is 1.41 bits per heavy atom. The minimum Gasteiger partial charge on any atom is -0.290 e. The molecule has 3 aromatic carbocycles. The Bertz CT molecular complexity index is 1500. The van der Waals surface area contributed by atoms with Gasteiger partial charge in [0.2, 0.25) is 0 Å². The summed E-state index contributed by atoms with van der Waals surface area (Å²) in [4.78, 5) is 34.5. The molecule has 0 atom stereocenters. The maximum atomic E-state index is 12.6. The topological polar surface area (TPSA) is 69.8 Å². The molecule has 0 bridgehead atoms. The van der Waals surface area contributed by atoms with Crippen LogP contribution < -0.4 is 11.1 Å². The first kappa shape index (κ1) is 22.4. The fourth-order valence-electron chi connectivity index (χ4n) is 3.68. The molecule has 0 saturated carbocycles. The molecule has 6 nitrogen and oxygen atoms in total. The van der Waals surface area contributed by atoms with Crippen molar-refractivity contribution in [2.24, 2.45) is 14.1 Å². The predicted molar refractivity (Wildman–Crippen MR) is 140 cm³/mol. The molecule has 0 N–H and O–H groups in total. The van der Waals surface area contributed by atoms with Crippen molar-refractivity contribution in [2.45, 2.75) is 21.8 Å². The van der Waals surface area contributed by atoms with Crippen LogP contribution in [0.4, 0.5) is 0 Å². The Kier molecular flexibility index (Phi) is 6.26. The highest BCUT2D eigenvalue weighted by Gasteiger charge is 2.10. The van der Waals surface area contributed by atoms with E-state index in [0.29, 0.717) is 32.6 Å². The van der Waals surface area contributed by atoms with E-state index in [1.165, 1.54) is 0 Å². The molecule has 2 aromatic heterocycles. The lowest BCUT2D eigenvalue weighted by molar-refractivity contribution is 0.726. The van der Waals surface area contributed by atoms with Crippen LogP contribution >= 0.6 is 23.5 Å². The summed E-state index contributed by atoms with van der Waals surface area (Å²) in [5.41, 5.74) is 3.68. The molecule has 0 amide bonds. The van der Waals surface area contributed by atoms with Crippen LogP contribution in [0.1, 0.15) is 11.1 Å². The van der Waals surface area contributed by atoms with Crippen molar-refractivity contribution in [1.82, 2.24) is 19.1 Å². The zero-order valence-corrected chi connectivity index (χ0v) is 20.4. The van der Waals surface area contributed by atoms with Crippen LogP contribution in [-0.4, -0.2) is 19.1 Å². The van der Waals surface area contributed by atoms with Crippen LogP contribution in [0.5, 0.6) is 0 Å². The molecule has 5 rings (SSSR count). The minimum absolute atomic E-state index is 0.0304. The van der Waals surface area contributed by atoms with Gasteiger partial charge in [0.1, 0.15) is 0 Å². The van der Waals surface area contributed by atoms with Gasteiger partial charge in [-0.15, -0.1) is 0 Å². The van der Waals surface area contributed by atoms with Gasteiger partial charge in [-0.2, -0.15) is 0 Å². The highest BCUT2D eigenvalue weighted by molar-refractivity contribution is 7.98. The van der Waals surface area contributed by atoms with Gasteiger partial charge in [0, 0.05) is 25.6 Å². The van der Waals surface area contributed by atoms with Gasteiger partial charge in [-0.05, 0) is 35.4 Å². The maximum Gasteiger partial charge on any atom is 0.261 e. The molecule has 0 unspecified atom stereocenters. The fourth-order valence-corrected chi connectivity index (χ4v) is 5.54. The van der Waals surface area contributed by atoms with Gasteiger partial charge in [-0.3, -0.25) is 18.7 Å². The van der Waals surface area contributed by atoms with Gasteiger partial charge in [0.15, 0.2) is 10.3 Å². The second kappa shape index (κ2) is 9.48. The van der Waals surface area contributed by atoms with Crippen molar-refractivity contribution >= 4 is 45.3 Å². The third-order valence-electron chi connectivity index (χ3n) is 5.64. The van der Waals surface area contributed by atoms with Crippen molar-refractivity contribution in [1.29, 1.82) is 0 Å². The van der Waals surface area contributed by atoms with Crippen LogP contribution in [0.25, 0.3) is 21.8 Å². The predicted octanol–water partition coefficient (Wildman–Crippen LogP) is 4.77. The summed E-state index contributed by atoms with van der Waals surface area (Å²) < 4.78 is 3.22. The number of rotatable bonds is 6. The lowest BCUT2D eigenvalue weighted by Crippen LogP contribution is -2.19. The average molecular weight is 487 g/mol. The zero-order chi connectivity index (χ0) is 23.7. The van der Waals surface area contributed by atoms with E-state index >= 15 is 0 Å². The number of fused-ring (bicyclic) bond motifs is 2. The van der Waals surface area contributed by atoms with Gasteiger partial charge >= 0.3 is 0 Å². The van der Waals surface area contributed by atoms with E-state index in [9.17, 15) is 9.59 Å². The summed E-state index contributed by atoms with van der Waals surface area (Å²) in [5, 5.41) is 2.67. The number of hydrogen-bond acceptors (Lipinski definition) is 6. The number of aromatic nitrogens is 4. The van der Waals surface area contributed by atoms with Crippen LogP contribution in [0, 0.1) is 0 Å². The second-order valence-corrected chi connectivity index (χ2v) is 9.83. The van der Waals surface area contributed by atoms with E-state index < -0.39 is 0 Å². The molecule has 0 spiro atoms. The highest BCUT2D eigenvalue weighted by Crippen LogP contribution is 2.24. The third-order valence-corrected chi connectivity index (χ3v) is 7.85. The van der Waals surface area contributed by atoms with Crippen molar-refractivity contribution in [2.75, 3.05) is 0 Å². The molecule has 0 saturated heterocycles. The molecule has 5 aromatic rings. The van der Waals surface area contributed by atoms with Crippen LogP contribution in [0.15, 0.2) is 92.7 Å². The minimum atomic E-state index is -0.0304. The summed E-state index contributed by atoms with van der Waals surface area (Å²) >= 11 is 3.10. The molecule has 0 radical (unpaired) electrons. The smallest absolute Gasteiger partial charge is 0.261 e. The number of nitrogens with zero attached hydrogens (tertiary/aromatic N) is 4. The van der Waals surface area contributed by atoms with Crippen molar-refractivity contribution in [3.05, 3.63) is 105 Å². The monoisotopic (exact) mass is 486 g/mol. The van der Waals surface area contributed by atoms with E-state index in [4.69, 9.17) is 0 Å².